The minimum absolute atomic E-state index is 0.0226. The lowest BCUT2D eigenvalue weighted by molar-refractivity contribution is -0.124. The maximum atomic E-state index is 13.9. The molecule has 2 heterocycles. The molecule has 3 N–H and O–H groups in total. The largest absolute Gasteiger partial charge is 0.378 e. The van der Waals surface area contributed by atoms with Gasteiger partial charge in [0.15, 0.2) is 9.84 Å². The predicted octanol–water partition coefficient (Wildman–Crippen LogP) is 6.17. The van der Waals surface area contributed by atoms with Crippen molar-refractivity contribution in [1.82, 2.24) is 15.2 Å². The van der Waals surface area contributed by atoms with Crippen LogP contribution in [0.5, 0.6) is 0 Å². The number of ether oxygens (including phenoxy) is 1. The van der Waals surface area contributed by atoms with Crippen LogP contribution < -0.4 is 10.5 Å². The molecule has 0 spiro atoms. The van der Waals surface area contributed by atoms with Gasteiger partial charge >= 0.3 is 0 Å². The molecule has 282 valence electrons. The number of hydrogen-bond donors (Lipinski definition) is 2. The fraction of sp³-hybridized carbons (Fsp3) is 0.595. The Kier molecular flexibility index (Phi) is 15.0. The molecule has 2 aromatic carbocycles. The Bertz CT molecular complexity index is 1820. The average molecular weight is 763 g/mol. The van der Waals surface area contributed by atoms with Crippen molar-refractivity contribution in [2.45, 2.75) is 101 Å². The molecule has 1 saturated heterocycles. The SMILES string of the molecule is CCCCCCCCCCCCCCC(C(=O)NCCS(N)(=O)=O)(c1nc2ccc(-c3ccc(C(=O)N4CC(OC)C4)cc3)cc2s1)S(C)(=O)=O. The summed E-state index contributed by atoms with van der Waals surface area (Å²) in [6.45, 7) is 3.04. The molecule has 0 aliphatic carbocycles. The van der Waals surface area contributed by atoms with Crippen molar-refractivity contribution in [3.05, 3.63) is 53.0 Å². The van der Waals surface area contributed by atoms with Gasteiger partial charge in [-0.15, -0.1) is 11.3 Å². The molecule has 2 amide bonds. The standard InChI is InChI=1S/C37H54N4O7S3/c1-4-5-6-7-8-9-10-11-12-13-14-15-22-37(50(3,44)45,35(43)39-23-24-51(38,46)47)36-40-32-21-20-30(25-33(32)49-36)28-16-18-29(19-17-28)34(42)41-26-31(27-41)48-2/h16-21,25,31H,4-15,22-24,26-27H2,1-3H3,(H,39,43)(H2,38,46,47). The quantitative estimate of drug-likeness (QED) is 0.115. The number of sulfonamides is 1. The molecule has 14 heteroatoms. The van der Waals surface area contributed by atoms with Crippen molar-refractivity contribution >= 4 is 53.2 Å². The van der Waals surface area contributed by atoms with E-state index in [1.807, 2.05) is 24.3 Å². The van der Waals surface area contributed by atoms with Crippen molar-refractivity contribution in [2.24, 2.45) is 5.14 Å². The zero-order valence-electron chi connectivity index (χ0n) is 30.2. The lowest BCUT2D eigenvalue weighted by atomic mass is 9.98. The Balaban J connectivity index is 1.50. The second-order valence-corrected chi connectivity index (χ2v) is 18.7. The van der Waals surface area contributed by atoms with E-state index in [4.69, 9.17) is 14.9 Å². The smallest absolute Gasteiger partial charge is 0.254 e. The van der Waals surface area contributed by atoms with Crippen molar-refractivity contribution < 1.29 is 31.2 Å². The van der Waals surface area contributed by atoms with Crippen LogP contribution in [0.15, 0.2) is 42.5 Å². The second kappa shape index (κ2) is 18.7. The Morgan fingerprint density at radius 1 is 0.902 bits per heavy atom. The molecule has 1 aliphatic heterocycles. The summed E-state index contributed by atoms with van der Waals surface area (Å²) < 4.78 is 54.5. The van der Waals surface area contributed by atoms with Gasteiger partial charge in [-0.2, -0.15) is 0 Å². The Hall–Kier alpha value is -2.91. The number of fused-ring (bicyclic) bond motifs is 1. The predicted molar refractivity (Wildman–Crippen MR) is 205 cm³/mol. The number of benzene rings is 2. The number of unbranched alkanes of at least 4 members (excludes halogenated alkanes) is 11. The summed E-state index contributed by atoms with van der Waals surface area (Å²) in [5.74, 6) is -1.36. The van der Waals surface area contributed by atoms with Crippen LogP contribution in [0.2, 0.25) is 0 Å². The van der Waals surface area contributed by atoms with Crippen molar-refractivity contribution in [3.8, 4) is 11.1 Å². The molecule has 4 rings (SSSR count). The number of nitrogens with one attached hydrogen (secondary N) is 1. The molecule has 1 aromatic heterocycles. The first-order valence-corrected chi connectivity index (χ1v) is 22.5. The molecule has 1 fully saturated rings. The van der Waals surface area contributed by atoms with Crippen molar-refractivity contribution in [2.75, 3.05) is 38.8 Å². The van der Waals surface area contributed by atoms with E-state index in [9.17, 15) is 26.4 Å². The van der Waals surface area contributed by atoms with Crippen LogP contribution in [0, 0.1) is 0 Å². The summed E-state index contributed by atoms with van der Waals surface area (Å²) >= 11 is 1.15. The number of sulfone groups is 1. The fourth-order valence-corrected chi connectivity index (χ4v) is 9.88. The van der Waals surface area contributed by atoms with E-state index in [-0.39, 0.29) is 30.0 Å². The number of carbonyl (C=O) groups excluding carboxylic acids is 2. The molecular weight excluding hydrogens is 709 g/mol. The van der Waals surface area contributed by atoms with E-state index in [0.717, 1.165) is 54.4 Å². The third-order valence-corrected chi connectivity index (χ3v) is 13.7. The first-order valence-electron chi connectivity index (χ1n) is 18.1. The molecular formula is C37H54N4O7S3. The average Bonchev–Trinajstić information content (AvgIpc) is 3.49. The highest BCUT2D eigenvalue weighted by Crippen LogP contribution is 2.41. The van der Waals surface area contributed by atoms with E-state index in [1.165, 1.54) is 44.9 Å². The molecule has 0 radical (unpaired) electrons. The number of amides is 2. The van der Waals surface area contributed by atoms with Gasteiger partial charge in [0.2, 0.25) is 20.7 Å². The van der Waals surface area contributed by atoms with E-state index in [1.54, 1.807) is 30.2 Å². The van der Waals surface area contributed by atoms with Crippen molar-refractivity contribution in [1.29, 1.82) is 0 Å². The molecule has 3 aromatic rings. The number of likely N-dealkylation sites (tertiary alicyclic amines) is 1. The van der Waals surface area contributed by atoms with Crippen LogP contribution in [0.25, 0.3) is 21.3 Å². The van der Waals surface area contributed by atoms with Gasteiger partial charge in [-0.25, -0.2) is 27.0 Å². The van der Waals surface area contributed by atoms with E-state index in [0.29, 0.717) is 35.3 Å². The zero-order valence-corrected chi connectivity index (χ0v) is 32.6. The van der Waals surface area contributed by atoms with Crippen LogP contribution in [-0.2, 0) is 34.1 Å². The summed E-state index contributed by atoms with van der Waals surface area (Å²) in [6, 6.07) is 12.9. The monoisotopic (exact) mass is 762 g/mol. The van der Waals surface area contributed by atoms with Gasteiger partial charge in [0.1, 0.15) is 5.01 Å². The molecule has 11 nitrogen and oxygen atoms in total. The van der Waals surface area contributed by atoms with Gasteiger partial charge in [-0.05, 0) is 41.8 Å². The van der Waals surface area contributed by atoms with Crippen LogP contribution in [0.4, 0.5) is 0 Å². The van der Waals surface area contributed by atoms with Gasteiger partial charge in [-0.3, -0.25) is 9.59 Å². The molecule has 1 unspecified atom stereocenters. The number of nitrogens with zero attached hydrogens (tertiary/aromatic N) is 2. The number of carbonyl (C=O) groups is 2. The van der Waals surface area contributed by atoms with Gasteiger partial charge in [0, 0.05) is 38.6 Å². The van der Waals surface area contributed by atoms with Crippen LogP contribution in [-0.4, -0.2) is 83.4 Å². The van der Waals surface area contributed by atoms with Gasteiger partial charge in [-0.1, -0.05) is 102 Å². The molecule has 1 atom stereocenters. The van der Waals surface area contributed by atoms with Gasteiger partial charge in [0.25, 0.3) is 5.91 Å². The third kappa shape index (κ3) is 11.0. The van der Waals surface area contributed by atoms with Crippen molar-refractivity contribution in [3.63, 3.8) is 0 Å². The summed E-state index contributed by atoms with van der Waals surface area (Å²) in [5.41, 5.74) is 2.85. The fourth-order valence-electron chi connectivity index (χ4n) is 6.51. The van der Waals surface area contributed by atoms with Gasteiger partial charge < -0.3 is 15.0 Å². The summed E-state index contributed by atoms with van der Waals surface area (Å²) in [6.07, 6.45) is 14.3. The Morgan fingerprint density at radius 3 is 2.02 bits per heavy atom. The topological polar surface area (TPSA) is 166 Å². The number of nitrogens with two attached hydrogens (primary N) is 1. The highest BCUT2D eigenvalue weighted by molar-refractivity contribution is 7.92. The summed E-state index contributed by atoms with van der Waals surface area (Å²) in [5, 5.41) is 7.85. The number of rotatable bonds is 22. The van der Waals surface area contributed by atoms with E-state index >= 15 is 0 Å². The normalized spacial score (nSPS) is 15.1. The lowest BCUT2D eigenvalue weighted by Crippen LogP contribution is -2.54. The van der Waals surface area contributed by atoms with Crippen LogP contribution in [0.1, 0.15) is 106 Å². The Labute approximate surface area is 307 Å². The summed E-state index contributed by atoms with van der Waals surface area (Å²) in [4.78, 5) is 33.1. The molecule has 0 bridgehead atoms. The number of thiazole rings is 1. The third-order valence-electron chi connectivity index (χ3n) is 9.72. The summed E-state index contributed by atoms with van der Waals surface area (Å²) in [7, 11) is -6.32. The number of hydrogen-bond acceptors (Lipinski definition) is 9. The number of primary sulfonamides is 1. The minimum atomic E-state index is -4.08. The maximum absolute atomic E-state index is 13.9. The lowest BCUT2D eigenvalue weighted by Gasteiger charge is -2.38. The highest BCUT2D eigenvalue weighted by atomic mass is 32.2. The molecule has 0 saturated carbocycles. The van der Waals surface area contributed by atoms with E-state index < -0.39 is 36.3 Å². The first kappa shape index (κ1) is 40.9. The molecule has 1 aliphatic rings. The second-order valence-electron chi connectivity index (χ2n) is 13.7. The highest BCUT2D eigenvalue weighted by Gasteiger charge is 2.51. The number of aromatic nitrogens is 1. The van der Waals surface area contributed by atoms with Crippen LogP contribution in [0.3, 0.4) is 0 Å². The zero-order chi connectivity index (χ0) is 37.1. The number of methoxy groups -OCH3 is 1. The Morgan fingerprint density at radius 2 is 1.47 bits per heavy atom. The minimum Gasteiger partial charge on any atom is -0.378 e. The molecule has 51 heavy (non-hydrogen) atoms. The first-order chi connectivity index (χ1) is 24.3. The van der Waals surface area contributed by atoms with Gasteiger partial charge in [0.05, 0.1) is 22.1 Å². The van der Waals surface area contributed by atoms with E-state index in [2.05, 4.69) is 12.2 Å². The van der Waals surface area contributed by atoms with Crippen LogP contribution >= 0.6 is 11.3 Å². The maximum Gasteiger partial charge on any atom is 0.254 e.